The van der Waals surface area contributed by atoms with Crippen LogP contribution in [0.4, 0.5) is 4.79 Å². The number of hydrogen-bond acceptors (Lipinski definition) is 5. The molecule has 22 heavy (non-hydrogen) atoms. The van der Waals surface area contributed by atoms with Crippen LogP contribution in [-0.4, -0.2) is 69.3 Å². The Balaban J connectivity index is 2.05. The molecule has 2 amide bonds. The van der Waals surface area contributed by atoms with Crippen molar-refractivity contribution in [2.75, 3.05) is 47.5 Å². The van der Waals surface area contributed by atoms with Crippen molar-refractivity contribution in [2.24, 2.45) is 0 Å². The van der Waals surface area contributed by atoms with Gasteiger partial charge in [-0.3, -0.25) is 4.79 Å². The number of nitrogens with zero attached hydrogens (tertiary/aromatic N) is 2. The average Bonchev–Trinajstić information content (AvgIpc) is 2.59. The van der Waals surface area contributed by atoms with Crippen LogP contribution in [0.3, 0.4) is 0 Å². The van der Waals surface area contributed by atoms with Gasteiger partial charge in [0.15, 0.2) is 11.5 Å². The van der Waals surface area contributed by atoms with Gasteiger partial charge in [-0.25, -0.2) is 4.79 Å². The third kappa shape index (κ3) is 3.24. The fourth-order valence-corrected chi connectivity index (χ4v) is 2.37. The van der Waals surface area contributed by atoms with Crippen molar-refractivity contribution in [2.45, 2.75) is 0 Å². The lowest BCUT2D eigenvalue weighted by Crippen LogP contribution is -2.50. The molecular weight excluding hydrogens is 288 g/mol. The SMILES string of the molecule is COC(=O)N1CCN(C(=O)c2ccc(OC)c(OC)c2)CC1. The number of carbonyl (C=O) groups is 2. The summed E-state index contributed by atoms with van der Waals surface area (Å²) in [6.07, 6.45) is -0.363. The number of piperazine rings is 1. The number of carbonyl (C=O) groups excluding carboxylic acids is 2. The highest BCUT2D eigenvalue weighted by Gasteiger charge is 2.25. The van der Waals surface area contributed by atoms with Crippen molar-refractivity contribution < 1.29 is 23.8 Å². The van der Waals surface area contributed by atoms with E-state index >= 15 is 0 Å². The second-order valence-corrected chi connectivity index (χ2v) is 4.82. The number of hydrogen-bond donors (Lipinski definition) is 0. The molecule has 1 aromatic carbocycles. The molecule has 0 aliphatic carbocycles. The summed E-state index contributed by atoms with van der Waals surface area (Å²) in [7, 11) is 4.43. The van der Waals surface area contributed by atoms with Gasteiger partial charge in [0.05, 0.1) is 21.3 Å². The van der Waals surface area contributed by atoms with Crippen LogP contribution in [0, 0.1) is 0 Å². The zero-order valence-corrected chi connectivity index (χ0v) is 13.0. The lowest BCUT2D eigenvalue weighted by molar-refractivity contribution is 0.0599. The highest BCUT2D eigenvalue weighted by Crippen LogP contribution is 2.28. The Labute approximate surface area is 129 Å². The first-order chi connectivity index (χ1) is 10.6. The zero-order chi connectivity index (χ0) is 16.1. The molecule has 1 aliphatic rings. The molecule has 2 rings (SSSR count). The monoisotopic (exact) mass is 308 g/mol. The van der Waals surface area contributed by atoms with Crippen LogP contribution in [0.2, 0.25) is 0 Å². The Bertz CT molecular complexity index is 553. The van der Waals surface area contributed by atoms with E-state index in [1.807, 2.05) is 0 Å². The summed E-state index contributed by atoms with van der Waals surface area (Å²) < 4.78 is 15.1. The van der Waals surface area contributed by atoms with E-state index < -0.39 is 0 Å². The van der Waals surface area contributed by atoms with Crippen molar-refractivity contribution in [1.29, 1.82) is 0 Å². The first-order valence-corrected chi connectivity index (χ1v) is 6.95. The van der Waals surface area contributed by atoms with Crippen LogP contribution in [0.5, 0.6) is 11.5 Å². The number of ether oxygens (including phenoxy) is 3. The normalized spacial score (nSPS) is 14.5. The molecule has 0 spiro atoms. The number of methoxy groups -OCH3 is 3. The first kappa shape index (κ1) is 15.9. The fraction of sp³-hybridized carbons (Fsp3) is 0.467. The quantitative estimate of drug-likeness (QED) is 0.840. The molecule has 1 heterocycles. The van der Waals surface area contributed by atoms with E-state index in [-0.39, 0.29) is 12.0 Å². The zero-order valence-electron chi connectivity index (χ0n) is 13.0. The van der Waals surface area contributed by atoms with Crippen LogP contribution in [0.25, 0.3) is 0 Å². The van der Waals surface area contributed by atoms with Gasteiger partial charge in [0.25, 0.3) is 5.91 Å². The van der Waals surface area contributed by atoms with Crippen molar-refractivity contribution in [3.63, 3.8) is 0 Å². The highest BCUT2D eigenvalue weighted by atomic mass is 16.5. The summed E-state index contributed by atoms with van der Waals surface area (Å²) in [5.41, 5.74) is 0.532. The first-order valence-electron chi connectivity index (χ1n) is 6.95. The molecule has 0 unspecified atom stereocenters. The summed E-state index contributed by atoms with van der Waals surface area (Å²) in [6, 6.07) is 5.07. The molecule has 0 N–H and O–H groups in total. The second-order valence-electron chi connectivity index (χ2n) is 4.82. The summed E-state index contributed by atoms with van der Waals surface area (Å²) in [5.74, 6) is 1.00. The number of amides is 2. The number of rotatable bonds is 3. The maximum Gasteiger partial charge on any atom is 0.409 e. The van der Waals surface area contributed by atoms with Crippen molar-refractivity contribution >= 4 is 12.0 Å². The minimum absolute atomic E-state index is 0.0922. The van der Waals surface area contributed by atoms with E-state index in [1.54, 1.807) is 35.1 Å². The highest BCUT2D eigenvalue weighted by molar-refractivity contribution is 5.95. The average molecular weight is 308 g/mol. The summed E-state index contributed by atoms with van der Waals surface area (Å²) in [5, 5.41) is 0. The maximum absolute atomic E-state index is 12.5. The topological polar surface area (TPSA) is 68.3 Å². The fourth-order valence-electron chi connectivity index (χ4n) is 2.37. The molecule has 120 valence electrons. The van der Waals surface area contributed by atoms with Gasteiger partial charge in [-0.2, -0.15) is 0 Å². The van der Waals surface area contributed by atoms with Gasteiger partial charge in [-0.15, -0.1) is 0 Å². The van der Waals surface area contributed by atoms with Crippen LogP contribution in [-0.2, 0) is 4.74 Å². The third-order valence-corrected chi connectivity index (χ3v) is 3.63. The lowest BCUT2D eigenvalue weighted by atomic mass is 10.1. The molecule has 1 aliphatic heterocycles. The summed E-state index contributed by atoms with van der Waals surface area (Å²) in [6.45, 7) is 1.88. The van der Waals surface area contributed by atoms with E-state index in [9.17, 15) is 9.59 Å². The van der Waals surface area contributed by atoms with E-state index in [0.29, 0.717) is 43.2 Å². The molecule has 1 fully saturated rings. The smallest absolute Gasteiger partial charge is 0.409 e. The summed E-state index contributed by atoms with van der Waals surface area (Å²) in [4.78, 5) is 27.2. The van der Waals surface area contributed by atoms with Gasteiger partial charge in [-0.1, -0.05) is 0 Å². The largest absolute Gasteiger partial charge is 0.493 e. The van der Waals surface area contributed by atoms with Crippen LogP contribution >= 0.6 is 0 Å². The third-order valence-electron chi connectivity index (χ3n) is 3.63. The Morgan fingerprint density at radius 3 is 2.05 bits per heavy atom. The van der Waals surface area contributed by atoms with Gasteiger partial charge in [0.1, 0.15) is 0 Å². The van der Waals surface area contributed by atoms with Crippen LogP contribution < -0.4 is 9.47 Å². The standard InChI is InChI=1S/C15H20N2O5/c1-20-12-5-4-11(10-13(12)21-2)14(18)16-6-8-17(9-7-16)15(19)22-3/h4-5,10H,6-9H2,1-3H3. The molecule has 0 bridgehead atoms. The predicted octanol–water partition coefficient (Wildman–Crippen LogP) is 1.23. The van der Waals surface area contributed by atoms with Gasteiger partial charge < -0.3 is 24.0 Å². The van der Waals surface area contributed by atoms with Crippen molar-refractivity contribution in [3.8, 4) is 11.5 Å². The molecule has 0 radical (unpaired) electrons. The molecule has 7 nitrogen and oxygen atoms in total. The molecule has 1 aromatic rings. The molecule has 0 atom stereocenters. The summed E-state index contributed by atoms with van der Waals surface area (Å²) >= 11 is 0. The Morgan fingerprint density at radius 1 is 0.909 bits per heavy atom. The Hall–Kier alpha value is -2.44. The van der Waals surface area contributed by atoms with Crippen molar-refractivity contribution in [3.05, 3.63) is 23.8 Å². The van der Waals surface area contributed by atoms with Gasteiger partial charge >= 0.3 is 6.09 Å². The second kappa shape index (κ2) is 7.02. The van der Waals surface area contributed by atoms with Gasteiger partial charge in [0.2, 0.25) is 0 Å². The lowest BCUT2D eigenvalue weighted by Gasteiger charge is -2.33. The number of benzene rings is 1. The minimum atomic E-state index is -0.363. The Kier molecular flexibility index (Phi) is 5.08. The van der Waals surface area contributed by atoms with E-state index in [4.69, 9.17) is 9.47 Å². The van der Waals surface area contributed by atoms with Gasteiger partial charge in [0, 0.05) is 31.7 Å². The van der Waals surface area contributed by atoms with Crippen molar-refractivity contribution in [1.82, 2.24) is 9.80 Å². The van der Waals surface area contributed by atoms with Crippen LogP contribution in [0.1, 0.15) is 10.4 Å². The molecule has 1 saturated heterocycles. The predicted molar refractivity (Wildman–Crippen MR) is 79.4 cm³/mol. The van der Waals surface area contributed by atoms with E-state index in [1.165, 1.54) is 14.2 Å². The molecule has 0 saturated carbocycles. The minimum Gasteiger partial charge on any atom is -0.493 e. The van der Waals surface area contributed by atoms with Gasteiger partial charge in [-0.05, 0) is 18.2 Å². The Morgan fingerprint density at radius 2 is 1.50 bits per heavy atom. The molecular formula is C15H20N2O5. The molecule has 7 heteroatoms. The van der Waals surface area contributed by atoms with Crippen LogP contribution in [0.15, 0.2) is 18.2 Å². The maximum atomic E-state index is 12.5. The molecule has 0 aromatic heterocycles. The van der Waals surface area contributed by atoms with E-state index in [0.717, 1.165) is 0 Å². The van der Waals surface area contributed by atoms with E-state index in [2.05, 4.69) is 4.74 Å².